The smallest absolute Gasteiger partial charge is 0.234 e. The highest BCUT2D eigenvalue weighted by molar-refractivity contribution is 5.81. The van der Waals surface area contributed by atoms with Crippen molar-refractivity contribution in [3.8, 4) is 0 Å². The summed E-state index contributed by atoms with van der Waals surface area (Å²) in [4.78, 5) is 20.4. The zero-order valence-electron chi connectivity index (χ0n) is 11.3. The molecule has 0 bridgehead atoms. The molecule has 3 rings (SSSR count). The summed E-state index contributed by atoms with van der Waals surface area (Å²) < 4.78 is 1.60. The first-order valence-electron chi connectivity index (χ1n) is 7.01. The predicted octanol–water partition coefficient (Wildman–Crippen LogP) is 2.36. The molecule has 5 nitrogen and oxygen atoms in total. The van der Waals surface area contributed by atoms with Crippen LogP contribution in [0.2, 0.25) is 0 Å². The Hall–Kier alpha value is -2.17. The summed E-state index contributed by atoms with van der Waals surface area (Å²) >= 11 is 0. The van der Waals surface area contributed by atoms with Gasteiger partial charge in [0, 0.05) is 48.5 Å². The van der Waals surface area contributed by atoms with Crippen LogP contribution in [0.5, 0.6) is 0 Å². The Balaban J connectivity index is 1.60. The van der Waals surface area contributed by atoms with Crippen molar-refractivity contribution in [2.24, 2.45) is 16.8 Å². The lowest BCUT2D eigenvalue weighted by Crippen LogP contribution is -2.28. The van der Waals surface area contributed by atoms with Gasteiger partial charge in [0.1, 0.15) is 6.33 Å². The van der Waals surface area contributed by atoms with Crippen molar-refractivity contribution < 1.29 is 4.79 Å². The quantitative estimate of drug-likeness (QED) is 0.897. The molecule has 0 aromatic carbocycles. The lowest BCUT2D eigenvalue weighted by molar-refractivity contribution is 0.0789. The molecule has 0 spiro atoms. The van der Waals surface area contributed by atoms with Gasteiger partial charge in [-0.05, 0) is 31.8 Å². The van der Waals surface area contributed by atoms with Crippen LogP contribution in [-0.4, -0.2) is 21.7 Å². The van der Waals surface area contributed by atoms with E-state index in [4.69, 9.17) is 0 Å². The number of carbonyl (C=O) groups is 1. The lowest BCUT2D eigenvalue weighted by atomic mass is 9.80. The molecule has 0 amide bonds. The molecule has 1 N–H and O–H groups in total. The molecule has 0 radical (unpaired) electrons. The van der Waals surface area contributed by atoms with Gasteiger partial charge in [-0.1, -0.05) is 0 Å². The number of nitrogens with one attached hydrogen (secondary N) is 1. The average molecular weight is 270 g/mol. The standard InChI is InChI=1S/C15H18N4O/c20-15(19-9-8-17-11-19)13-4-2-12(3-5-13)14-10-16-6-1-7-18-14/h1,6-13,18H,2-5H2. The fourth-order valence-corrected chi connectivity index (χ4v) is 2.87. The second kappa shape index (κ2) is 5.86. The van der Waals surface area contributed by atoms with Gasteiger partial charge in [0.15, 0.2) is 0 Å². The van der Waals surface area contributed by atoms with Crippen molar-refractivity contribution in [2.45, 2.75) is 25.7 Å². The average Bonchev–Trinajstić information content (AvgIpc) is 2.89. The summed E-state index contributed by atoms with van der Waals surface area (Å²) in [5.41, 5.74) is 1.16. The molecule has 0 atom stereocenters. The molecule has 0 saturated heterocycles. The van der Waals surface area contributed by atoms with E-state index in [1.165, 1.54) is 0 Å². The summed E-state index contributed by atoms with van der Waals surface area (Å²) in [5.74, 6) is 0.759. The maximum absolute atomic E-state index is 12.3. The highest BCUT2D eigenvalue weighted by atomic mass is 16.2. The van der Waals surface area contributed by atoms with Gasteiger partial charge in [0.25, 0.3) is 0 Å². The zero-order chi connectivity index (χ0) is 13.8. The van der Waals surface area contributed by atoms with E-state index in [0.717, 1.165) is 31.4 Å². The van der Waals surface area contributed by atoms with E-state index in [1.54, 1.807) is 29.5 Å². The SMILES string of the molecule is O=C(C1CCC(C2=CN=CC=CN2)CC1)n1ccnc1. The highest BCUT2D eigenvalue weighted by Gasteiger charge is 2.28. The predicted molar refractivity (Wildman–Crippen MR) is 77.2 cm³/mol. The molecule has 1 aliphatic carbocycles. The Bertz CT molecular complexity index is 548. The normalized spacial score (nSPS) is 25.7. The van der Waals surface area contributed by atoms with E-state index in [9.17, 15) is 4.79 Å². The molecule has 1 fully saturated rings. The lowest BCUT2D eigenvalue weighted by Gasteiger charge is -2.28. The Morgan fingerprint density at radius 1 is 1.30 bits per heavy atom. The number of carbonyl (C=O) groups excluding carboxylic acids is 1. The molecule has 1 saturated carbocycles. The number of imidazole rings is 1. The first kappa shape index (κ1) is 12.8. The summed E-state index contributed by atoms with van der Waals surface area (Å²) in [6.07, 6.45) is 16.3. The third-order valence-electron chi connectivity index (χ3n) is 4.01. The first-order chi connectivity index (χ1) is 9.84. The monoisotopic (exact) mass is 270 g/mol. The molecule has 0 unspecified atom stereocenters. The second-order valence-electron chi connectivity index (χ2n) is 5.24. The van der Waals surface area contributed by atoms with Crippen molar-refractivity contribution in [1.82, 2.24) is 14.9 Å². The van der Waals surface area contributed by atoms with Crippen LogP contribution < -0.4 is 5.32 Å². The number of aliphatic imine (C=N–C) groups is 1. The number of aromatic nitrogens is 2. The maximum Gasteiger partial charge on any atom is 0.234 e. The topological polar surface area (TPSA) is 59.3 Å². The van der Waals surface area contributed by atoms with E-state index in [2.05, 4.69) is 15.3 Å². The van der Waals surface area contributed by atoms with Gasteiger partial charge in [-0.25, -0.2) is 4.98 Å². The Morgan fingerprint density at radius 3 is 2.90 bits per heavy atom. The molecule has 1 aromatic heterocycles. The third kappa shape index (κ3) is 2.71. The molecule has 1 aliphatic heterocycles. The van der Waals surface area contributed by atoms with Crippen LogP contribution in [0.15, 0.2) is 47.9 Å². The number of hydrogen-bond donors (Lipinski definition) is 1. The summed E-state index contributed by atoms with van der Waals surface area (Å²) in [6.45, 7) is 0. The molecule has 2 heterocycles. The molecule has 1 aromatic rings. The molecule has 2 aliphatic rings. The summed E-state index contributed by atoms with van der Waals surface area (Å²) in [5, 5.41) is 3.28. The summed E-state index contributed by atoms with van der Waals surface area (Å²) in [7, 11) is 0. The van der Waals surface area contributed by atoms with Crippen molar-refractivity contribution in [3.05, 3.63) is 42.9 Å². The van der Waals surface area contributed by atoms with Crippen LogP contribution >= 0.6 is 0 Å². The van der Waals surface area contributed by atoms with Crippen molar-refractivity contribution >= 4 is 12.1 Å². The Labute approximate surface area is 118 Å². The number of hydrogen-bond acceptors (Lipinski definition) is 4. The van der Waals surface area contributed by atoms with Gasteiger partial charge < -0.3 is 5.32 Å². The van der Waals surface area contributed by atoms with E-state index < -0.39 is 0 Å². The van der Waals surface area contributed by atoms with Gasteiger partial charge in [0.05, 0.1) is 0 Å². The third-order valence-corrected chi connectivity index (χ3v) is 4.01. The molecular formula is C15H18N4O. The fourth-order valence-electron chi connectivity index (χ4n) is 2.87. The van der Waals surface area contributed by atoms with Crippen LogP contribution in [0, 0.1) is 11.8 Å². The molecule has 20 heavy (non-hydrogen) atoms. The first-order valence-corrected chi connectivity index (χ1v) is 7.01. The van der Waals surface area contributed by atoms with Gasteiger partial charge in [-0.15, -0.1) is 0 Å². The van der Waals surface area contributed by atoms with Gasteiger partial charge in [-0.3, -0.25) is 14.4 Å². The van der Waals surface area contributed by atoms with Crippen LogP contribution in [-0.2, 0) is 0 Å². The second-order valence-corrected chi connectivity index (χ2v) is 5.24. The molecule has 104 valence electrons. The number of rotatable bonds is 2. The van der Waals surface area contributed by atoms with E-state index in [1.807, 2.05) is 18.5 Å². The minimum atomic E-state index is 0.117. The molecular weight excluding hydrogens is 252 g/mol. The zero-order valence-corrected chi connectivity index (χ0v) is 11.3. The van der Waals surface area contributed by atoms with Crippen LogP contribution in [0.1, 0.15) is 30.5 Å². The van der Waals surface area contributed by atoms with Crippen LogP contribution in [0.3, 0.4) is 0 Å². The minimum Gasteiger partial charge on any atom is -0.363 e. The summed E-state index contributed by atoms with van der Waals surface area (Å²) in [6, 6.07) is 0. The number of nitrogens with zero attached hydrogens (tertiary/aromatic N) is 3. The van der Waals surface area contributed by atoms with Gasteiger partial charge in [-0.2, -0.15) is 0 Å². The van der Waals surface area contributed by atoms with Gasteiger partial charge >= 0.3 is 0 Å². The fraction of sp³-hybridized carbons (Fsp3) is 0.400. The molecule has 5 heteroatoms. The van der Waals surface area contributed by atoms with Crippen LogP contribution in [0.25, 0.3) is 0 Å². The highest BCUT2D eigenvalue weighted by Crippen LogP contribution is 2.33. The largest absolute Gasteiger partial charge is 0.363 e. The van der Waals surface area contributed by atoms with Crippen molar-refractivity contribution in [2.75, 3.05) is 0 Å². The van der Waals surface area contributed by atoms with Crippen molar-refractivity contribution in [3.63, 3.8) is 0 Å². The minimum absolute atomic E-state index is 0.117. The maximum atomic E-state index is 12.3. The van der Waals surface area contributed by atoms with E-state index in [0.29, 0.717) is 5.92 Å². The van der Waals surface area contributed by atoms with Crippen molar-refractivity contribution in [1.29, 1.82) is 0 Å². The Morgan fingerprint density at radius 2 is 2.15 bits per heavy atom. The van der Waals surface area contributed by atoms with E-state index >= 15 is 0 Å². The number of allylic oxidation sites excluding steroid dienone is 2. The van der Waals surface area contributed by atoms with Gasteiger partial charge in [0.2, 0.25) is 5.91 Å². The Kier molecular flexibility index (Phi) is 3.76. The van der Waals surface area contributed by atoms with E-state index in [-0.39, 0.29) is 11.8 Å². The van der Waals surface area contributed by atoms with Crippen LogP contribution in [0.4, 0.5) is 0 Å².